The largest absolute Gasteiger partial charge is 0.344 e. The Morgan fingerprint density at radius 3 is 2.61 bits per heavy atom. The van der Waals surface area contributed by atoms with Gasteiger partial charge in [-0.2, -0.15) is 4.57 Å². The van der Waals surface area contributed by atoms with E-state index in [0.29, 0.717) is 0 Å². The van der Waals surface area contributed by atoms with Gasteiger partial charge in [-0.25, -0.2) is 4.57 Å². The molecule has 2 heterocycles. The van der Waals surface area contributed by atoms with Crippen LogP contribution in [-0.4, -0.2) is 9.13 Å². The number of fused-ring (bicyclic) bond motifs is 1. The summed E-state index contributed by atoms with van der Waals surface area (Å²) in [6.07, 6.45) is 6.28. The molecule has 3 aromatic rings. The minimum atomic E-state index is 1.28. The van der Waals surface area contributed by atoms with Gasteiger partial charge >= 0.3 is 0 Å². The summed E-state index contributed by atoms with van der Waals surface area (Å²) in [5.74, 6) is 0. The Bertz CT molecular complexity index is 732. The summed E-state index contributed by atoms with van der Waals surface area (Å²) in [5.41, 5.74) is 5.18. The van der Waals surface area contributed by atoms with Crippen LogP contribution in [0.4, 0.5) is 0 Å². The quantitative estimate of drug-likeness (QED) is 0.580. The lowest BCUT2D eigenvalue weighted by molar-refractivity contribution is -0.670. The summed E-state index contributed by atoms with van der Waals surface area (Å²) in [4.78, 5) is 0. The van der Waals surface area contributed by atoms with Gasteiger partial charge in [0.1, 0.15) is 12.4 Å². The molecule has 18 heavy (non-hydrogen) atoms. The molecule has 0 radical (unpaired) electrons. The number of aryl methyl sites for hydroxylation is 3. The highest BCUT2D eigenvalue weighted by Crippen LogP contribution is 2.30. The standard InChI is InChI=1S/C15H18N3/c1-11-6-5-7-13-14(11)15(12(2)17(13)4)18-9-8-16(3)10-18/h5-10H,1-4H3/q+1. The highest BCUT2D eigenvalue weighted by atomic mass is 15.1. The number of nitrogens with zero attached hydrogens (tertiary/aromatic N) is 3. The van der Waals surface area contributed by atoms with E-state index in [-0.39, 0.29) is 0 Å². The van der Waals surface area contributed by atoms with Crippen LogP contribution in [0.15, 0.2) is 36.9 Å². The van der Waals surface area contributed by atoms with Crippen molar-refractivity contribution in [3.63, 3.8) is 0 Å². The lowest BCUT2D eigenvalue weighted by Gasteiger charge is -1.98. The summed E-state index contributed by atoms with van der Waals surface area (Å²) in [6, 6.07) is 6.48. The molecule has 0 fully saturated rings. The van der Waals surface area contributed by atoms with Crippen LogP contribution in [0.1, 0.15) is 11.3 Å². The second kappa shape index (κ2) is 3.73. The maximum atomic E-state index is 2.26. The van der Waals surface area contributed by atoms with E-state index in [4.69, 9.17) is 0 Å². The first-order valence-corrected chi connectivity index (χ1v) is 6.18. The van der Waals surface area contributed by atoms with Gasteiger partial charge in [0.15, 0.2) is 5.69 Å². The summed E-state index contributed by atoms with van der Waals surface area (Å²) in [7, 11) is 4.17. The van der Waals surface area contributed by atoms with E-state index >= 15 is 0 Å². The average molecular weight is 240 g/mol. The lowest BCUT2D eigenvalue weighted by Crippen LogP contribution is -2.23. The van der Waals surface area contributed by atoms with Crippen molar-refractivity contribution in [1.82, 2.24) is 9.13 Å². The molecule has 0 amide bonds. The maximum Gasteiger partial charge on any atom is 0.248 e. The van der Waals surface area contributed by atoms with Gasteiger partial charge in [-0.1, -0.05) is 12.1 Å². The Balaban J connectivity index is 2.45. The SMILES string of the molecule is Cc1cccc2c1c(-n1cc[n+](C)c1)c(C)n2C. The molecule has 0 unspecified atom stereocenters. The van der Waals surface area contributed by atoms with Crippen LogP contribution in [0.2, 0.25) is 0 Å². The molecule has 3 rings (SSSR count). The van der Waals surface area contributed by atoms with Crippen molar-refractivity contribution in [2.75, 3.05) is 0 Å². The van der Waals surface area contributed by atoms with Crippen LogP contribution < -0.4 is 4.57 Å². The van der Waals surface area contributed by atoms with Gasteiger partial charge in [-0.05, 0) is 25.5 Å². The van der Waals surface area contributed by atoms with Gasteiger partial charge in [0.25, 0.3) is 0 Å². The van der Waals surface area contributed by atoms with Crippen LogP contribution >= 0.6 is 0 Å². The maximum absolute atomic E-state index is 2.26. The van der Waals surface area contributed by atoms with Gasteiger partial charge in [-0.3, -0.25) is 0 Å². The normalized spacial score (nSPS) is 11.3. The zero-order valence-corrected chi connectivity index (χ0v) is 11.3. The van der Waals surface area contributed by atoms with E-state index < -0.39 is 0 Å². The molecule has 0 bridgehead atoms. The molecule has 0 aliphatic heterocycles. The molecule has 2 aromatic heterocycles. The molecule has 0 aliphatic rings. The molecule has 0 spiro atoms. The van der Waals surface area contributed by atoms with E-state index in [2.05, 4.69) is 71.5 Å². The number of imidazole rings is 1. The van der Waals surface area contributed by atoms with Crippen molar-refractivity contribution >= 4 is 10.9 Å². The van der Waals surface area contributed by atoms with Crippen LogP contribution in [0.25, 0.3) is 16.6 Å². The third kappa shape index (κ3) is 1.40. The lowest BCUT2D eigenvalue weighted by atomic mass is 10.1. The van der Waals surface area contributed by atoms with Crippen molar-refractivity contribution in [2.24, 2.45) is 14.1 Å². The van der Waals surface area contributed by atoms with E-state index in [1.807, 2.05) is 7.05 Å². The molecule has 0 aliphatic carbocycles. The molecule has 92 valence electrons. The Labute approximate surface area is 107 Å². The summed E-state index contributed by atoms with van der Waals surface area (Å²) >= 11 is 0. The Hall–Kier alpha value is -2.03. The second-order valence-electron chi connectivity index (χ2n) is 4.95. The first-order chi connectivity index (χ1) is 8.59. The first kappa shape index (κ1) is 11.1. The fourth-order valence-electron chi connectivity index (χ4n) is 2.66. The fourth-order valence-corrected chi connectivity index (χ4v) is 2.66. The zero-order valence-electron chi connectivity index (χ0n) is 11.3. The highest BCUT2D eigenvalue weighted by molar-refractivity contribution is 5.93. The third-order valence-electron chi connectivity index (χ3n) is 3.72. The Morgan fingerprint density at radius 1 is 1.17 bits per heavy atom. The molecule has 1 aromatic carbocycles. The third-order valence-corrected chi connectivity index (χ3v) is 3.72. The van der Waals surface area contributed by atoms with Gasteiger partial charge in [0.2, 0.25) is 6.33 Å². The number of aromatic nitrogens is 3. The molecule has 3 heteroatoms. The van der Waals surface area contributed by atoms with E-state index in [0.717, 1.165) is 0 Å². The molecule has 0 atom stereocenters. The number of hydrogen-bond donors (Lipinski definition) is 0. The average Bonchev–Trinajstić information content (AvgIpc) is 2.86. The number of benzene rings is 1. The first-order valence-electron chi connectivity index (χ1n) is 6.18. The molecule has 0 N–H and O–H groups in total. The minimum absolute atomic E-state index is 1.28. The number of hydrogen-bond acceptors (Lipinski definition) is 0. The second-order valence-corrected chi connectivity index (χ2v) is 4.95. The minimum Gasteiger partial charge on any atom is -0.344 e. The van der Waals surface area contributed by atoms with Crippen molar-refractivity contribution in [2.45, 2.75) is 13.8 Å². The van der Waals surface area contributed by atoms with Crippen molar-refractivity contribution < 1.29 is 4.57 Å². The Morgan fingerprint density at radius 2 is 1.94 bits per heavy atom. The smallest absolute Gasteiger partial charge is 0.248 e. The van der Waals surface area contributed by atoms with Crippen molar-refractivity contribution in [3.8, 4) is 5.69 Å². The molecular formula is C15H18N3+. The summed E-state index contributed by atoms with van der Waals surface area (Å²) in [5, 5.41) is 1.34. The predicted molar refractivity (Wildman–Crippen MR) is 72.9 cm³/mol. The molecular weight excluding hydrogens is 222 g/mol. The van der Waals surface area contributed by atoms with Gasteiger partial charge < -0.3 is 4.57 Å². The number of rotatable bonds is 1. The van der Waals surface area contributed by atoms with Crippen LogP contribution in [0.3, 0.4) is 0 Å². The fraction of sp³-hybridized carbons (Fsp3) is 0.267. The summed E-state index contributed by atoms with van der Waals surface area (Å²) < 4.78 is 6.53. The predicted octanol–water partition coefficient (Wildman–Crippen LogP) is 2.41. The van der Waals surface area contributed by atoms with E-state index in [1.165, 1.54) is 27.8 Å². The van der Waals surface area contributed by atoms with Crippen LogP contribution in [0, 0.1) is 13.8 Å². The zero-order chi connectivity index (χ0) is 12.9. The van der Waals surface area contributed by atoms with Crippen molar-refractivity contribution in [1.29, 1.82) is 0 Å². The monoisotopic (exact) mass is 240 g/mol. The highest BCUT2D eigenvalue weighted by Gasteiger charge is 2.19. The Kier molecular flexibility index (Phi) is 2.30. The van der Waals surface area contributed by atoms with Crippen LogP contribution in [-0.2, 0) is 14.1 Å². The van der Waals surface area contributed by atoms with Gasteiger partial charge in [-0.15, -0.1) is 0 Å². The van der Waals surface area contributed by atoms with Crippen molar-refractivity contribution in [3.05, 3.63) is 48.2 Å². The van der Waals surface area contributed by atoms with Crippen LogP contribution in [0.5, 0.6) is 0 Å². The molecule has 0 saturated heterocycles. The molecule has 3 nitrogen and oxygen atoms in total. The summed E-state index contributed by atoms with van der Waals surface area (Å²) in [6.45, 7) is 4.35. The molecule has 0 saturated carbocycles. The van der Waals surface area contributed by atoms with E-state index in [1.54, 1.807) is 0 Å². The van der Waals surface area contributed by atoms with E-state index in [9.17, 15) is 0 Å². The topological polar surface area (TPSA) is 13.7 Å². The van der Waals surface area contributed by atoms with Gasteiger partial charge in [0, 0.05) is 7.05 Å². The van der Waals surface area contributed by atoms with Gasteiger partial charge in [0.05, 0.1) is 23.6 Å².